The van der Waals surface area contributed by atoms with Crippen molar-refractivity contribution in [2.24, 2.45) is 5.41 Å². The summed E-state index contributed by atoms with van der Waals surface area (Å²) in [6.45, 7) is 11.5. The van der Waals surface area contributed by atoms with Crippen molar-refractivity contribution in [1.29, 1.82) is 0 Å². The second-order valence-corrected chi connectivity index (χ2v) is 7.98. The number of nitrogens with zero attached hydrogens (tertiary/aromatic N) is 2. The fourth-order valence-electron chi connectivity index (χ4n) is 2.70. The Hall–Kier alpha value is -0.940. The zero-order valence-corrected chi connectivity index (χ0v) is 14.2. The Balaban J connectivity index is 2.08. The molecule has 1 aromatic heterocycles. The van der Waals surface area contributed by atoms with Crippen molar-refractivity contribution in [3.63, 3.8) is 0 Å². The molecular formula is C16H29N3O2. The van der Waals surface area contributed by atoms with Gasteiger partial charge in [0.2, 0.25) is 11.7 Å². The van der Waals surface area contributed by atoms with Gasteiger partial charge in [0.25, 0.3) is 0 Å². The van der Waals surface area contributed by atoms with Crippen molar-refractivity contribution in [2.45, 2.75) is 78.0 Å². The third-order valence-corrected chi connectivity index (χ3v) is 4.45. The molecule has 5 heteroatoms. The van der Waals surface area contributed by atoms with E-state index in [1.807, 2.05) is 0 Å². The van der Waals surface area contributed by atoms with E-state index in [-0.39, 0.29) is 11.1 Å². The van der Waals surface area contributed by atoms with Crippen molar-refractivity contribution in [3.05, 3.63) is 11.7 Å². The second-order valence-electron chi connectivity index (χ2n) is 7.98. The first-order valence-corrected chi connectivity index (χ1v) is 7.79. The van der Waals surface area contributed by atoms with Gasteiger partial charge >= 0.3 is 0 Å². The molecule has 0 amide bonds. The molecule has 1 saturated carbocycles. The molecule has 1 heterocycles. The van der Waals surface area contributed by atoms with E-state index in [0.29, 0.717) is 23.7 Å². The summed E-state index contributed by atoms with van der Waals surface area (Å²) in [5.74, 6) is 1.33. The molecule has 1 aliphatic rings. The van der Waals surface area contributed by atoms with Gasteiger partial charge in [-0.3, -0.25) is 0 Å². The fourth-order valence-corrected chi connectivity index (χ4v) is 2.70. The summed E-state index contributed by atoms with van der Waals surface area (Å²) in [5.41, 5.74) is 0.0316. The first-order chi connectivity index (χ1) is 9.66. The summed E-state index contributed by atoms with van der Waals surface area (Å²) in [6, 6.07) is 0. The van der Waals surface area contributed by atoms with Crippen LogP contribution in [0.15, 0.2) is 4.52 Å². The number of hydrogen-bond donors (Lipinski definition) is 1. The van der Waals surface area contributed by atoms with E-state index in [9.17, 15) is 0 Å². The summed E-state index contributed by atoms with van der Waals surface area (Å²) in [7, 11) is 1.75. The molecule has 0 bridgehead atoms. The van der Waals surface area contributed by atoms with Gasteiger partial charge < -0.3 is 14.6 Å². The van der Waals surface area contributed by atoms with Crippen LogP contribution >= 0.6 is 0 Å². The Morgan fingerprint density at radius 2 is 1.81 bits per heavy atom. The Morgan fingerprint density at radius 3 is 2.33 bits per heavy atom. The van der Waals surface area contributed by atoms with Crippen LogP contribution in [0.5, 0.6) is 0 Å². The summed E-state index contributed by atoms with van der Waals surface area (Å²) in [5, 5.41) is 7.54. The minimum Gasteiger partial charge on any atom is -0.370 e. The molecule has 0 aliphatic heterocycles. The molecule has 1 fully saturated rings. The van der Waals surface area contributed by atoms with Crippen LogP contribution in [0.3, 0.4) is 0 Å². The van der Waals surface area contributed by atoms with Gasteiger partial charge in [0.05, 0.1) is 6.54 Å². The molecule has 1 aliphatic carbocycles. The molecular weight excluding hydrogens is 266 g/mol. The molecule has 0 saturated heterocycles. The Morgan fingerprint density at radius 1 is 1.19 bits per heavy atom. The lowest BCUT2D eigenvalue weighted by Gasteiger charge is -2.40. The van der Waals surface area contributed by atoms with Crippen LogP contribution in [-0.4, -0.2) is 22.8 Å². The highest BCUT2D eigenvalue weighted by Crippen LogP contribution is 2.46. The highest BCUT2D eigenvalue weighted by molar-refractivity contribution is 5.05. The number of nitrogens with one attached hydrogen (secondary N) is 1. The molecule has 1 aromatic rings. The maximum absolute atomic E-state index is 5.81. The van der Waals surface area contributed by atoms with Gasteiger partial charge in [-0.05, 0) is 51.9 Å². The molecule has 2 rings (SSSR count). The number of hydrogen-bond acceptors (Lipinski definition) is 5. The topological polar surface area (TPSA) is 60.2 Å². The minimum absolute atomic E-state index is 0.0302. The summed E-state index contributed by atoms with van der Waals surface area (Å²) in [6.07, 6.45) is 4.13. The van der Waals surface area contributed by atoms with E-state index in [1.165, 1.54) is 0 Å². The normalized spacial score (nSPS) is 21.4. The van der Waals surface area contributed by atoms with Gasteiger partial charge in [0.15, 0.2) is 0 Å². The van der Waals surface area contributed by atoms with Gasteiger partial charge in [0.1, 0.15) is 5.60 Å². The monoisotopic (exact) mass is 295 g/mol. The molecule has 21 heavy (non-hydrogen) atoms. The maximum atomic E-state index is 5.81. The Kier molecular flexibility index (Phi) is 4.45. The maximum Gasteiger partial charge on any atom is 0.240 e. The van der Waals surface area contributed by atoms with Crippen LogP contribution in [0.25, 0.3) is 0 Å². The third-order valence-electron chi connectivity index (χ3n) is 4.45. The van der Waals surface area contributed by atoms with Crippen LogP contribution in [0, 0.1) is 5.41 Å². The van der Waals surface area contributed by atoms with Crippen LogP contribution in [0.1, 0.15) is 72.0 Å². The Bertz CT molecular complexity index is 464. The van der Waals surface area contributed by atoms with Gasteiger partial charge in [-0.25, -0.2) is 0 Å². The van der Waals surface area contributed by atoms with Crippen molar-refractivity contribution in [1.82, 2.24) is 15.5 Å². The predicted octanol–water partition coefficient (Wildman–Crippen LogP) is 3.40. The van der Waals surface area contributed by atoms with Crippen LogP contribution in [-0.2, 0) is 16.9 Å². The molecule has 1 N–H and O–H groups in total. The molecule has 0 unspecified atom stereocenters. The minimum atomic E-state index is -0.376. The van der Waals surface area contributed by atoms with E-state index in [1.54, 1.807) is 7.11 Å². The standard InChI is InChI=1S/C16H29N3O2/c1-14(2,3)17-11-12-18-13(19-21-12)16(20-6)9-7-15(4,5)8-10-16/h17H,7-11H2,1-6H3. The molecule has 120 valence electrons. The largest absolute Gasteiger partial charge is 0.370 e. The lowest BCUT2D eigenvalue weighted by Crippen LogP contribution is -2.37. The lowest BCUT2D eigenvalue weighted by atomic mass is 9.70. The summed E-state index contributed by atoms with van der Waals surface area (Å²) in [4.78, 5) is 4.56. The van der Waals surface area contributed by atoms with Crippen molar-refractivity contribution in [3.8, 4) is 0 Å². The van der Waals surface area contributed by atoms with Gasteiger partial charge in [-0.2, -0.15) is 4.98 Å². The molecule has 0 aromatic carbocycles. The van der Waals surface area contributed by atoms with Crippen molar-refractivity contribution in [2.75, 3.05) is 7.11 Å². The Labute approximate surface area is 127 Å². The van der Waals surface area contributed by atoms with E-state index in [4.69, 9.17) is 9.26 Å². The van der Waals surface area contributed by atoms with Crippen molar-refractivity contribution >= 4 is 0 Å². The first-order valence-electron chi connectivity index (χ1n) is 7.79. The van der Waals surface area contributed by atoms with E-state index in [0.717, 1.165) is 25.7 Å². The van der Waals surface area contributed by atoms with Crippen LogP contribution < -0.4 is 5.32 Å². The fraction of sp³-hybridized carbons (Fsp3) is 0.875. The van der Waals surface area contributed by atoms with E-state index >= 15 is 0 Å². The molecule has 0 radical (unpaired) electrons. The second kappa shape index (κ2) is 5.69. The van der Waals surface area contributed by atoms with Gasteiger partial charge in [-0.1, -0.05) is 19.0 Å². The smallest absolute Gasteiger partial charge is 0.240 e. The molecule has 0 atom stereocenters. The first kappa shape index (κ1) is 16.4. The van der Waals surface area contributed by atoms with Gasteiger partial charge in [0, 0.05) is 12.6 Å². The van der Waals surface area contributed by atoms with Gasteiger partial charge in [-0.15, -0.1) is 0 Å². The van der Waals surface area contributed by atoms with E-state index < -0.39 is 0 Å². The highest BCUT2D eigenvalue weighted by Gasteiger charge is 2.43. The number of methoxy groups -OCH3 is 1. The number of ether oxygens (including phenoxy) is 1. The molecule has 5 nitrogen and oxygen atoms in total. The lowest BCUT2D eigenvalue weighted by molar-refractivity contribution is -0.0740. The average molecular weight is 295 g/mol. The van der Waals surface area contributed by atoms with Crippen LogP contribution in [0.2, 0.25) is 0 Å². The molecule has 0 spiro atoms. The summed E-state index contributed by atoms with van der Waals surface area (Å²) < 4.78 is 11.2. The zero-order valence-electron chi connectivity index (χ0n) is 14.2. The van der Waals surface area contributed by atoms with E-state index in [2.05, 4.69) is 50.1 Å². The third kappa shape index (κ3) is 4.04. The predicted molar refractivity (Wildman–Crippen MR) is 81.8 cm³/mol. The summed E-state index contributed by atoms with van der Waals surface area (Å²) >= 11 is 0. The number of aromatic nitrogens is 2. The highest BCUT2D eigenvalue weighted by atomic mass is 16.5. The zero-order chi connectivity index (χ0) is 15.7. The SMILES string of the molecule is COC1(c2noc(CNC(C)(C)C)n2)CCC(C)(C)CC1. The number of rotatable bonds is 4. The average Bonchev–Trinajstić information content (AvgIpc) is 2.86. The van der Waals surface area contributed by atoms with Crippen LogP contribution in [0.4, 0.5) is 0 Å². The quantitative estimate of drug-likeness (QED) is 0.922. The van der Waals surface area contributed by atoms with Crippen molar-refractivity contribution < 1.29 is 9.26 Å².